The van der Waals surface area contributed by atoms with Crippen LogP contribution < -0.4 is 10.1 Å². The van der Waals surface area contributed by atoms with Crippen LogP contribution in [0.5, 0.6) is 5.75 Å². The van der Waals surface area contributed by atoms with Crippen LogP contribution >= 0.6 is 0 Å². The molecule has 0 amide bonds. The highest BCUT2D eigenvalue weighted by Crippen LogP contribution is 2.33. The number of benzene rings is 1. The molecule has 0 unspecified atom stereocenters. The third kappa shape index (κ3) is 3.46. The normalized spacial score (nSPS) is 11.7. The monoisotopic (exact) mass is 286 g/mol. The van der Waals surface area contributed by atoms with Crippen molar-refractivity contribution in [1.82, 2.24) is 4.98 Å². The van der Waals surface area contributed by atoms with Gasteiger partial charge < -0.3 is 10.1 Å². The number of nitrogens with zero attached hydrogens (tertiary/aromatic N) is 1. The number of hydrogen-bond acceptors (Lipinski definition) is 3. The van der Waals surface area contributed by atoms with E-state index in [1.807, 2.05) is 12.1 Å². The van der Waals surface area contributed by atoms with Gasteiger partial charge in [-0.1, -0.05) is 39.8 Å². The van der Waals surface area contributed by atoms with Crippen LogP contribution in [-0.4, -0.2) is 18.1 Å². The van der Waals surface area contributed by atoms with Gasteiger partial charge >= 0.3 is 0 Å². The molecule has 1 heterocycles. The van der Waals surface area contributed by atoms with Crippen LogP contribution in [-0.2, 0) is 5.41 Å². The molecule has 2 rings (SSSR count). The van der Waals surface area contributed by atoms with Gasteiger partial charge in [-0.15, -0.1) is 0 Å². The quantitative estimate of drug-likeness (QED) is 0.861. The average molecular weight is 286 g/mol. The molecule has 0 atom stereocenters. The Balaban J connectivity index is 2.64. The van der Waals surface area contributed by atoms with Crippen LogP contribution in [0.3, 0.4) is 0 Å². The molecule has 3 nitrogen and oxygen atoms in total. The van der Waals surface area contributed by atoms with Crippen LogP contribution in [0.4, 0.5) is 5.69 Å². The first-order chi connectivity index (χ1) is 9.97. The van der Waals surface area contributed by atoms with E-state index in [-0.39, 0.29) is 5.41 Å². The van der Waals surface area contributed by atoms with Crippen molar-refractivity contribution in [3.05, 3.63) is 30.0 Å². The van der Waals surface area contributed by atoms with E-state index in [2.05, 4.69) is 52.1 Å². The fraction of sp³-hybridized carbons (Fsp3) is 0.500. The van der Waals surface area contributed by atoms with Gasteiger partial charge in [0.2, 0.25) is 0 Å². The number of aromatic nitrogens is 1. The number of rotatable bonds is 5. The van der Waals surface area contributed by atoms with Gasteiger partial charge in [0.15, 0.2) is 0 Å². The van der Waals surface area contributed by atoms with Crippen LogP contribution in [0.25, 0.3) is 10.9 Å². The number of anilines is 1. The first-order valence-electron chi connectivity index (χ1n) is 7.78. The van der Waals surface area contributed by atoms with Gasteiger partial charge in [-0.25, -0.2) is 4.98 Å². The summed E-state index contributed by atoms with van der Waals surface area (Å²) in [4.78, 5) is 4.88. The second-order valence-corrected chi connectivity index (χ2v) is 6.34. The molecule has 1 aromatic carbocycles. The second-order valence-electron chi connectivity index (χ2n) is 6.34. The van der Waals surface area contributed by atoms with Crippen molar-refractivity contribution in [2.75, 3.05) is 18.5 Å². The third-order valence-corrected chi connectivity index (χ3v) is 3.40. The summed E-state index contributed by atoms with van der Waals surface area (Å²) in [5.74, 6) is 0.875. The molecule has 0 aliphatic carbocycles. The molecule has 3 heteroatoms. The van der Waals surface area contributed by atoms with E-state index >= 15 is 0 Å². The van der Waals surface area contributed by atoms with Gasteiger partial charge in [-0.05, 0) is 25.5 Å². The molecule has 0 radical (unpaired) electrons. The molecule has 0 bridgehead atoms. The molecular formula is C18H26N2O. The lowest BCUT2D eigenvalue weighted by Gasteiger charge is -2.21. The zero-order valence-electron chi connectivity index (χ0n) is 13.8. The molecule has 1 aromatic heterocycles. The minimum Gasteiger partial charge on any atom is -0.491 e. The maximum atomic E-state index is 5.88. The summed E-state index contributed by atoms with van der Waals surface area (Å²) in [6.45, 7) is 12.4. The zero-order valence-corrected chi connectivity index (χ0v) is 13.8. The standard InChI is InChI=1S/C18H26N2O/c1-6-11-21-15-10-8-9-13-14(19-7-2)12-16(18(3,4)5)20-17(13)15/h8-10,12H,6-7,11H2,1-5H3,(H,19,20). The summed E-state index contributed by atoms with van der Waals surface area (Å²) < 4.78 is 5.88. The molecular weight excluding hydrogens is 260 g/mol. The zero-order chi connectivity index (χ0) is 15.5. The lowest BCUT2D eigenvalue weighted by atomic mass is 9.90. The molecule has 0 aliphatic rings. The molecule has 21 heavy (non-hydrogen) atoms. The highest BCUT2D eigenvalue weighted by Gasteiger charge is 2.19. The topological polar surface area (TPSA) is 34.1 Å². The lowest BCUT2D eigenvalue weighted by Crippen LogP contribution is -2.15. The Labute approximate surface area is 127 Å². The van der Waals surface area contributed by atoms with Crippen LogP contribution in [0, 0.1) is 0 Å². The van der Waals surface area contributed by atoms with Crippen LogP contribution in [0.1, 0.15) is 46.7 Å². The summed E-state index contributed by atoms with van der Waals surface area (Å²) in [5.41, 5.74) is 3.18. The van der Waals surface area contributed by atoms with Crippen molar-refractivity contribution >= 4 is 16.6 Å². The van der Waals surface area contributed by atoms with E-state index in [0.29, 0.717) is 0 Å². The molecule has 0 saturated carbocycles. The predicted octanol–water partition coefficient (Wildman–Crippen LogP) is 4.75. The van der Waals surface area contributed by atoms with E-state index in [9.17, 15) is 0 Å². The molecule has 0 fully saturated rings. The number of ether oxygens (including phenoxy) is 1. The first kappa shape index (κ1) is 15.6. The number of para-hydroxylation sites is 1. The number of hydrogen-bond donors (Lipinski definition) is 1. The number of nitrogens with one attached hydrogen (secondary N) is 1. The average Bonchev–Trinajstić information content (AvgIpc) is 2.44. The smallest absolute Gasteiger partial charge is 0.145 e. The molecule has 114 valence electrons. The Morgan fingerprint density at radius 1 is 1.19 bits per heavy atom. The summed E-state index contributed by atoms with van der Waals surface area (Å²) in [7, 11) is 0. The highest BCUT2D eigenvalue weighted by atomic mass is 16.5. The Bertz CT molecular complexity index is 614. The first-order valence-corrected chi connectivity index (χ1v) is 7.78. The molecule has 0 saturated heterocycles. The summed E-state index contributed by atoms with van der Waals surface area (Å²) in [6.07, 6.45) is 0.995. The molecule has 1 N–H and O–H groups in total. The van der Waals surface area contributed by atoms with Crippen molar-refractivity contribution in [2.45, 2.75) is 46.5 Å². The summed E-state index contributed by atoms with van der Waals surface area (Å²) in [5, 5.41) is 4.57. The molecule has 0 spiro atoms. The maximum absolute atomic E-state index is 5.88. The fourth-order valence-corrected chi connectivity index (χ4v) is 2.27. The van der Waals surface area contributed by atoms with Gasteiger partial charge in [0.05, 0.1) is 6.61 Å². The Hall–Kier alpha value is -1.77. The number of pyridine rings is 1. The van der Waals surface area contributed by atoms with Crippen molar-refractivity contribution in [1.29, 1.82) is 0 Å². The van der Waals surface area contributed by atoms with Gasteiger partial charge in [-0.2, -0.15) is 0 Å². The SMILES string of the molecule is CCCOc1cccc2c(NCC)cc(C(C)(C)C)nc12. The predicted molar refractivity (Wildman–Crippen MR) is 90.4 cm³/mol. The maximum Gasteiger partial charge on any atom is 0.145 e. The van der Waals surface area contributed by atoms with E-state index in [0.717, 1.165) is 47.6 Å². The lowest BCUT2D eigenvalue weighted by molar-refractivity contribution is 0.320. The third-order valence-electron chi connectivity index (χ3n) is 3.40. The van der Waals surface area contributed by atoms with E-state index in [1.54, 1.807) is 0 Å². The van der Waals surface area contributed by atoms with Crippen molar-refractivity contribution in [3.63, 3.8) is 0 Å². The molecule has 2 aromatic rings. The minimum atomic E-state index is 0.0101. The minimum absolute atomic E-state index is 0.0101. The Kier molecular flexibility index (Phi) is 4.71. The van der Waals surface area contributed by atoms with Gasteiger partial charge in [-0.3, -0.25) is 0 Å². The van der Waals surface area contributed by atoms with Crippen molar-refractivity contribution < 1.29 is 4.74 Å². The van der Waals surface area contributed by atoms with Crippen molar-refractivity contribution in [2.24, 2.45) is 0 Å². The number of fused-ring (bicyclic) bond motifs is 1. The van der Waals surface area contributed by atoms with Gasteiger partial charge in [0.1, 0.15) is 11.3 Å². The van der Waals surface area contributed by atoms with E-state index in [1.165, 1.54) is 0 Å². The summed E-state index contributed by atoms with van der Waals surface area (Å²) in [6, 6.07) is 8.31. The Morgan fingerprint density at radius 3 is 2.57 bits per heavy atom. The second kappa shape index (κ2) is 6.33. The Morgan fingerprint density at radius 2 is 1.95 bits per heavy atom. The van der Waals surface area contributed by atoms with Gasteiger partial charge in [0.25, 0.3) is 0 Å². The highest BCUT2D eigenvalue weighted by molar-refractivity contribution is 5.95. The van der Waals surface area contributed by atoms with Gasteiger partial charge in [0, 0.05) is 28.7 Å². The summed E-state index contributed by atoms with van der Waals surface area (Å²) >= 11 is 0. The van der Waals surface area contributed by atoms with Crippen LogP contribution in [0.2, 0.25) is 0 Å². The van der Waals surface area contributed by atoms with Crippen molar-refractivity contribution in [3.8, 4) is 5.75 Å². The van der Waals surface area contributed by atoms with E-state index < -0.39 is 0 Å². The fourth-order valence-electron chi connectivity index (χ4n) is 2.27. The van der Waals surface area contributed by atoms with Crippen LogP contribution in [0.15, 0.2) is 24.3 Å². The largest absolute Gasteiger partial charge is 0.491 e. The molecule has 0 aliphatic heterocycles. The van der Waals surface area contributed by atoms with E-state index in [4.69, 9.17) is 9.72 Å².